The van der Waals surface area contributed by atoms with E-state index in [4.69, 9.17) is 0 Å². The second kappa shape index (κ2) is 6.49. The third-order valence-electron chi connectivity index (χ3n) is 3.22. The van der Waals surface area contributed by atoms with Gasteiger partial charge in [0.1, 0.15) is 5.82 Å². The zero-order valence-electron chi connectivity index (χ0n) is 12.0. The minimum atomic E-state index is -2.85. The highest BCUT2D eigenvalue weighted by Crippen LogP contribution is 2.13. The summed E-state index contributed by atoms with van der Waals surface area (Å²) < 4.78 is 22.8. The Hall–Kier alpha value is -1.21. The van der Waals surface area contributed by atoms with Crippen molar-refractivity contribution in [3.05, 3.63) is 18.1 Å². The second-order valence-corrected chi connectivity index (χ2v) is 7.83. The molecule has 1 aliphatic heterocycles. The van der Waals surface area contributed by atoms with Crippen LogP contribution in [0, 0.1) is 5.92 Å². The summed E-state index contributed by atoms with van der Waals surface area (Å²) in [6, 6.07) is 0. The van der Waals surface area contributed by atoms with Crippen LogP contribution in [0.4, 0.5) is 5.82 Å². The highest BCUT2D eigenvalue weighted by Gasteiger charge is 2.22. The van der Waals surface area contributed by atoms with Crippen molar-refractivity contribution < 1.29 is 8.42 Å². The molecule has 0 atom stereocenters. The van der Waals surface area contributed by atoms with Gasteiger partial charge in [-0.2, -0.15) is 0 Å². The van der Waals surface area contributed by atoms with Gasteiger partial charge in [0, 0.05) is 19.6 Å². The Labute approximate surface area is 120 Å². The molecule has 0 aromatic carbocycles. The lowest BCUT2D eigenvalue weighted by molar-refractivity contribution is 0.547. The molecule has 1 aromatic rings. The number of sulfone groups is 1. The number of rotatable bonds is 5. The Balaban J connectivity index is 1.88. The van der Waals surface area contributed by atoms with Gasteiger partial charge in [0.25, 0.3) is 0 Å². The Morgan fingerprint density at radius 3 is 2.50 bits per heavy atom. The van der Waals surface area contributed by atoms with Crippen LogP contribution < -0.4 is 10.2 Å². The molecule has 0 saturated carbocycles. The normalized spacial score (nSPS) is 18.4. The van der Waals surface area contributed by atoms with E-state index >= 15 is 0 Å². The van der Waals surface area contributed by atoms with Crippen LogP contribution in [0.3, 0.4) is 0 Å². The first kappa shape index (κ1) is 15.2. The first-order valence-corrected chi connectivity index (χ1v) is 8.75. The first-order chi connectivity index (χ1) is 9.46. The number of anilines is 1. The zero-order chi connectivity index (χ0) is 14.6. The average molecular weight is 298 g/mol. The van der Waals surface area contributed by atoms with Gasteiger partial charge < -0.3 is 10.2 Å². The largest absolute Gasteiger partial charge is 0.353 e. The maximum atomic E-state index is 11.4. The maximum Gasteiger partial charge on any atom is 0.153 e. The summed E-state index contributed by atoms with van der Waals surface area (Å²) in [5, 5.41) is 3.32. The van der Waals surface area contributed by atoms with Crippen molar-refractivity contribution in [2.24, 2.45) is 5.92 Å². The maximum absolute atomic E-state index is 11.4. The number of nitrogens with one attached hydrogen (secondary N) is 1. The van der Waals surface area contributed by atoms with Crippen molar-refractivity contribution in [1.82, 2.24) is 15.3 Å². The van der Waals surface area contributed by atoms with E-state index in [1.165, 1.54) is 0 Å². The predicted molar refractivity (Wildman–Crippen MR) is 79.4 cm³/mol. The van der Waals surface area contributed by atoms with Crippen molar-refractivity contribution in [3.8, 4) is 0 Å². The molecule has 6 nitrogen and oxygen atoms in total. The van der Waals surface area contributed by atoms with Crippen LogP contribution in [0.25, 0.3) is 0 Å². The topological polar surface area (TPSA) is 75.2 Å². The molecule has 0 radical (unpaired) electrons. The molecular weight excluding hydrogens is 276 g/mol. The van der Waals surface area contributed by atoms with Crippen LogP contribution in [0.5, 0.6) is 0 Å². The van der Waals surface area contributed by atoms with Crippen molar-refractivity contribution in [2.75, 3.05) is 36.0 Å². The van der Waals surface area contributed by atoms with Gasteiger partial charge in [0.05, 0.1) is 29.6 Å². The molecule has 1 saturated heterocycles. The van der Waals surface area contributed by atoms with Gasteiger partial charge in [0.2, 0.25) is 0 Å². The lowest BCUT2D eigenvalue weighted by Gasteiger charge is -2.27. The quantitative estimate of drug-likeness (QED) is 0.851. The Kier molecular flexibility index (Phi) is 4.93. The summed E-state index contributed by atoms with van der Waals surface area (Å²) in [6.45, 7) is 6.98. The van der Waals surface area contributed by atoms with E-state index in [0.717, 1.165) is 18.1 Å². The van der Waals surface area contributed by atoms with Gasteiger partial charge in [0.15, 0.2) is 9.84 Å². The molecule has 0 bridgehead atoms. The molecule has 1 aromatic heterocycles. The van der Waals surface area contributed by atoms with Crippen molar-refractivity contribution in [1.29, 1.82) is 0 Å². The number of hydrogen-bond donors (Lipinski definition) is 1. The number of nitrogens with zero attached hydrogens (tertiary/aromatic N) is 3. The fraction of sp³-hybridized carbons (Fsp3) is 0.692. The van der Waals surface area contributed by atoms with E-state index in [1.54, 1.807) is 12.4 Å². The van der Waals surface area contributed by atoms with Gasteiger partial charge in [-0.3, -0.25) is 4.98 Å². The van der Waals surface area contributed by atoms with Crippen molar-refractivity contribution >= 4 is 15.7 Å². The summed E-state index contributed by atoms with van der Waals surface area (Å²) in [5.41, 5.74) is 0.902. The molecule has 0 amide bonds. The van der Waals surface area contributed by atoms with Crippen molar-refractivity contribution in [3.63, 3.8) is 0 Å². The summed E-state index contributed by atoms with van der Waals surface area (Å²) in [6.07, 6.45) is 3.48. The fourth-order valence-electron chi connectivity index (χ4n) is 2.03. The summed E-state index contributed by atoms with van der Waals surface area (Å²) in [4.78, 5) is 10.7. The van der Waals surface area contributed by atoms with E-state index in [2.05, 4.69) is 29.1 Å². The molecule has 0 spiro atoms. The molecular formula is C13H22N4O2S. The predicted octanol–water partition coefficient (Wildman–Crippen LogP) is 0.457. The lowest BCUT2D eigenvalue weighted by atomic mass is 10.2. The Morgan fingerprint density at radius 2 is 1.95 bits per heavy atom. The van der Waals surface area contributed by atoms with Crippen molar-refractivity contribution in [2.45, 2.75) is 20.4 Å². The zero-order valence-corrected chi connectivity index (χ0v) is 12.9. The minimum absolute atomic E-state index is 0.201. The van der Waals surface area contributed by atoms with Gasteiger partial charge in [-0.15, -0.1) is 0 Å². The fourth-order valence-corrected chi connectivity index (χ4v) is 3.23. The molecule has 7 heteroatoms. The number of aromatic nitrogens is 2. The standard InChI is InChI=1S/C13H22N4O2S/c1-11(2)7-14-8-12-9-16-13(10-15-12)17-3-5-20(18,19)6-4-17/h9-11,14H,3-8H2,1-2H3. The summed E-state index contributed by atoms with van der Waals surface area (Å²) in [5.74, 6) is 1.77. The van der Waals surface area contributed by atoms with Crippen LogP contribution >= 0.6 is 0 Å². The Bertz CT molecular complexity index is 514. The number of hydrogen-bond acceptors (Lipinski definition) is 6. The SMILES string of the molecule is CC(C)CNCc1cnc(N2CCS(=O)(=O)CC2)cn1. The highest BCUT2D eigenvalue weighted by molar-refractivity contribution is 7.91. The first-order valence-electron chi connectivity index (χ1n) is 6.93. The molecule has 20 heavy (non-hydrogen) atoms. The molecule has 0 aliphatic carbocycles. The molecule has 0 unspecified atom stereocenters. The van der Waals surface area contributed by atoms with E-state index in [9.17, 15) is 8.42 Å². The van der Waals surface area contributed by atoms with Crippen LogP contribution in [0.15, 0.2) is 12.4 Å². The van der Waals surface area contributed by atoms with E-state index in [-0.39, 0.29) is 11.5 Å². The second-order valence-electron chi connectivity index (χ2n) is 5.53. The minimum Gasteiger partial charge on any atom is -0.353 e. The third kappa shape index (κ3) is 4.42. The van der Waals surface area contributed by atoms with Gasteiger partial charge >= 0.3 is 0 Å². The molecule has 1 aliphatic rings. The Morgan fingerprint density at radius 1 is 1.25 bits per heavy atom. The molecule has 2 heterocycles. The lowest BCUT2D eigenvalue weighted by Crippen LogP contribution is -2.40. The van der Waals surface area contributed by atoms with Gasteiger partial charge in [-0.05, 0) is 12.5 Å². The van der Waals surface area contributed by atoms with Crippen LogP contribution in [0.1, 0.15) is 19.5 Å². The molecule has 2 rings (SSSR count). The molecule has 112 valence electrons. The van der Waals surface area contributed by atoms with Crippen LogP contribution in [-0.2, 0) is 16.4 Å². The molecule has 1 fully saturated rings. The van der Waals surface area contributed by atoms with Crippen LogP contribution in [0.2, 0.25) is 0 Å². The molecule has 1 N–H and O–H groups in total. The summed E-state index contributed by atoms with van der Waals surface area (Å²) in [7, 11) is -2.85. The van der Waals surface area contributed by atoms with E-state index in [1.807, 2.05) is 4.90 Å². The van der Waals surface area contributed by atoms with Gasteiger partial charge in [-0.25, -0.2) is 13.4 Å². The third-order valence-corrected chi connectivity index (χ3v) is 4.83. The average Bonchev–Trinajstić information content (AvgIpc) is 2.39. The van der Waals surface area contributed by atoms with E-state index < -0.39 is 9.84 Å². The monoisotopic (exact) mass is 298 g/mol. The van der Waals surface area contributed by atoms with Crippen LogP contribution in [-0.4, -0.2) is 49.5 Å². The smallest absolute Gasteiger partial charge is 0.153 e. The summed E-state index contributed by atoms with van der Waals surface area (Å²) >= 11 is 0. The van der Waals surface area contributed by atoms with Gasteiger partial charge in [-0.1, -0.05) is 13.8 Å². The highest BCUT2D eigenvalue weighted by atomic mass is 32.2. The van der Waals surface area contributed by atoms with E-state index in [0.29, 0.717) is 25.6 Å².